The Kier molecular flexibility index (Phi) is 1.56. The fraction of sp³-hybridized carbons (Fsp3) is 0.308. The number of fused-ring (bicyclic) bond motifs is 1. The number of imide groups is 1. The predicted molar refractivity (Wildman–Crippen MR) is 66.9 cm³/mol. The molecule has 98 valence electrons. The van der Waals surface area contributed by atoms with E-state index in [2.05, 4.69) is 5.32 Å². The van der Waals surface area contributed by atoms with Gasteiger partial charge in [-0.15, -0.1) is 0 Å². The average Bonchev–Trinajstić information content (AvgIpc) is 2.70. The van der Waals surface area contributed by atoms with Crippen LogP contribution in [0, 0.1) is 0 Å². The van der Waals surface area contributed by atoms with Gasteiger partial charge >= 0.3 is 0 Å². The third-order valence-corrected chi connectivity index (χ3v) is 3.09. The smallest absolute Gasteiger partial charge is 0.255 e. The highest BCUT2D eigenvalue weighted by atomic mass is 16.2. The molecule has 0 unspecified atom stereocenters. The number of hydrogen-bond donors (Lipinski definition) is 2. The largest absolute Gasteiger partial charge is 0.398 e. The number of hydrogen-bond acceptors (Lipinski definition) is 4. The van der Waals surface area contributed by atoms with Gasteiger partial charge in [-0.1, -0.05) is 6.04 Å². The number of nitrogen functional groups attached to an aromatic ring is 1. The normalized spacial score (nSPS) is 28.8. The minimum Gasteiger partial charge on any atom is -0.398 e. The molecule has 1 saturated heterocycles. The minimum atomic E-state index is -2.53. The van der Waals surface area contributed by atoms with E-state index in [9.17, 15) is 14.4 Å². The van der Waals surface area contributed by atoms with E-state index in [1.807, 2.05) is 0 Å². The van der Waals surface area contributed by atoms with Crippen LogP contribution >= 0.6 is 0 Å². The number of carbonyl (C=O) groups is 3. The first kappa shape index (κ1) is 7.28. The van der Waals surface area contributed by atoms with Crippen LogP contribution in [0.1, 0.15) is 35.6 Å². The number of benzene rings is 1. The van der Waals surface area contributed by atoms with Gasteiger partial charge in [0.15, 0.2) is 0 Å². The molecule has 0 bridgehead atoms. The number of nitrogens with two attached hydrogens (primary N) is 1. The molecular weight excluding hydrogens is 246 g/mol. The van der Waals surface area contributed by atoms with Crippen molar-refractivity contribution in [3.05, 3.63) is 29.3 Å². The lowest BCUT2D eigenvalue weighted by molar-refractivity contribution is -0.136. The van der Waals surface area contributed by atoms with Crippen LogP contribution in [0.5, 0.6) is 0 Å². The SMILES string of the molecule is [2H]c1c([2H])c(N)c2c(c1[2H])C(=O)N([C@H]1CCC(=O)NC1=O)C2([2H])[2H]. The molecule has 3 amide bonds. The fourth-order valence-corrected chi connectivity index (χ4v) is 2.14. The molecule has 6 heteroatoms. The van der Waals surface area contributed by atoms with Gasteiger partial charge in [0.1, 0.15) is 6.04 Å². The number of nitrogens with zero attached hydrogens (tertiary/aromatic N) is 1. The molecule has 6 nitrogen and oxygen atoms in total. The molecule has 0 saturated carbocycles. The summed E-state index contributed by atoms with van der Waals surface area (Å²) in [4.78, 5) is 36.6. The summed E-state index contributed by atoms with van der Waals surface area (Å²) in [6, 6.07) is -2.96. The van der Waals surface area contributed by atoms with E-state index < -0.39 is 59.6 Å². The number of nitrogens with one attached hydrogen (secondary N) is 1. The monoisotopic (exact) mass is 264 g/mol. The summed E-state index contributed by atoms with van der Waals surface area (Å²) in [5, 5.41) is 2.05. The molecule has 3 rings (SSSR count). The van der Waals surface area contributed by atoms with Gasteiger partial charge in [-0.25, -0.2) is 0 Å². The Hall–Kier alpha value is -2.37. The van der Waals surface area contributed by atoms with E-state index in [1.54, 1.807) is 0 Å². The lowest BCUT2D eigenvalue weighted by atomic mass is 10.0. The highest BCUT2D eigenvalue weighted by Crippen LogP contribution is 2.30. The average molecular weight is 264 g/mol. The minimum absolute atomic E-state index is 0.0524. The van der Waals surface area contributed by atoms with Crippen molar-refractivity contribution in [3.63, 3.8) is 0 Å². The molecule has 1 aromatic carbocycles. The highest BCUT2D eigenvalue weighted by molar-refractivity contribution is 6.06. The number of piperidine rings is 1. The van der Waals surface area contributed by atoms with E-state index in [-0.39, 0.29) is 18.4 Å². The second-order valence-corrected chi connectivity index (χ2v) is 4.29. The van der Waals surface area contributed by atoms with Crippen LogP contribution in [0.25, 0.3) is 0 Å². The Morgan fingerprint density at radius 2 is 2.21 bits per heavy atom. The quantitative estimate of drug-likeness (QED) is 0.553. The topological polar surface area (TPSA) is 92.5 Å². The van der Waals surface area contributed by atoms with E-state index in [0.717, 1.165) is 0 Å². The Balaban J connectivity index is 2.18. The molecule has 2 aliphatic heterocycles. The second kappa shape index (κ2) is 4.08. The van der Waals surface area contributed by atoms with Crippen molar-refractivity contribution < 1.29 is 21.2 Å². The molecule has 1 fully saturated rings. The van der Waals surface area contributed by atoms with Gasteiger partial charge in [0.25, 0.3) is 5.91 Å². The zero-order valence-electron chi connectivity index (χ0n) is 14.7. The zero-order chi connectivity index (χ0) is 18.0. The van der Waals surface area contributed by atoms with Crippen molar-refractivity contribution in [2.24, 2.45) is 0 Å². The summed E-state index contributed by atoms with van der Waals surface area (Å²) < 4.78 is 39.7. The maximum absolute atomic E-state index is 12.7. The van der Waals surface area contributed by atoms with E-state index in [4.69, 9.17) is 12.6 Å². The number of anilines is 1. The van der Waals surface area contributed by atoms with Crippen molar-refractivity contribution in [2.75, 3.05) is 5.73 Å². The van der Waals surface area contributed by atoms with Crippen LogP contribution in [0.4, 0.5) is 5.69 Å². The van der Waals surface area contributed by atoms with Gasteiger partial charge < -0.3 is 10.6 Å². The van der Waals surface area contributed by atoms with E-state index in [0.29, 0.717) is 4.90 Å². The van der Waals surface area contributed by atoms with Gasteiger partial charge in [0, 0.05) is 29.7 Å². The van der Waals surface area contributed by atoms with Gasteiger partial charge in [-0.2, -0.15) is 0 Å². The molecule has 0 spiro atoms. The summed E-state index contributed by atoms with van der Waals surface area (Å²) in [5.74, 6) is -2.27. The van der Waals surface area contributed by atoms with E-state index >= 15 is 0 Å². The Bertz CT molecular complexity index is 811. The molecular formula is C13H13N3O3. The van der Waals surface area contributed by atoms with Crippen LogP contribution in [-0.4, -0.2) is 28.7 Å². The van der Waals surface area contributed by atoms with Crippen LogP contribution < -0.4 is 11.1 Å². The number of rotatable bonds is 1. The first-order valence-corrected chi connectivity index (χ1v) is 5.66. The van der Waals surface area contributed by atoms with Gasteiger partial charge in [0.05, 0.1) is 6.85 Å². The van der Waals surface area contributed by atoms with Crippen molar-refractivity contribution in [1.82, 2.24) is 10.2 Å². The summed E-state index contributed by atoms with van der Waals surface area (Å²) in [6.45, 7) is -2.53. The molecule has 3 N–H and O–H groups in total. The van der Waals surface area contributed by atoms with Crippen molar-refractivity contribution in [2.45, 2.75) is 25.4 Å². The second-order valence-electron chi connectivity index (χ2n) is 4.29. The van der Waals surface area contributed by atoms with Gasteiger partial charge in [-0.05, 0) is 18.5 Å². The molecule has 0 aromatic heterocycles. The highest BCUT2D eigenvalue weighted by Gasteiger charge is 2.39. The maximum atomic E-state index is 12.7. The first-order valence-electron chi connectivity index (χ1n) is 8.16. The molecule has 2 heterocycles. The molecule has 19 heavy (non-hydrogen) atoms. The molecule has 0 aliphatic carbocycles. The van der Waals surface area contributed by atoms with Crippen molar-refractivity contribution >= 4 is 23.4 Å². The molecule has 1 aromatic rings. The Morgan fingerprint density at radius 1 is 1.42 bits per heavy atom. The molecule has 0 radical (unpaired) electrons. The van der Waals surface area contributed by atoms with Crippen LogP contribution in [0.2, 0.25) is 0 Å². The van der Waals surface area contributed by atoms with Gasteiger partial charge in [-0.3, -0.25) is 19.7 Å². The summed E-state index contributed by atoms with van der Waals surface area (Å²) in [7, 11) is 0. The van der Waals surface area contributed by atoms with Crippen molar-refractivity contribution in [3.8, 4) is 0 Å². The van der Waals surface area contributed by atoms with Crippen LogP contribution in [0.3, 0.4) is 0 Å². The zero-order valence-corrected chi connectivity index (χ0v) is 9.74. The standard InChI is InChI=1S/C13H13N3O3/c14-9-3-1-2-7-8(9)6-16(13(7)19)10-4-5-11(17)15-12(10)18/h1-3,10H,4-6,14H2,(H,15,17,18)/t10-/m0/s1/i1D,2D,3D,6D2. The third-order valence-electron chi connectivity index (χ3n) is 3.09. The maximum Gasteiger partial charge on any atom is 0.255 e. The first-order chi connectivity index (χ1) is 11.1. The van der Waals surface area contributed by atoms with Crippen LogP contribution in [-0.2, 0) is 16.1 Å². The van der Waals surface area contributed by atoms with Gasteiger partial charge in [0.2, 0.25) is 11.8 Å². The number of carbonyl (C=O) groups excluding carboxylic acids is 3. The molecule has 2 aliphatic rings. The lowest BCUT2D eigenvalue weighted by Gasteiger charge is -2.29. The van der Waals surface area contributed by atoms with Crippen LogP contribution in [0.15, 0.2) is 18.1 Å². The summed E-state index contributed by atoms with van der Waals surface area (Å²) in [6.07, 6.45) is -0.109. The Labute approximate surface area is 116 Å². The summed E-state index contributed by atoms with van der Waals surface area (Å²) in [5.41, 5.74) is 4.54. The predicted octanol–water partition coefficient (Wildman–Crippen LogP) is 0.0298. The summed E-state index contributed by atoms with van der Waals surface area (Å²) >= 11 is 0. The van der Waals surface area contributed by atoms with E-state index in [1.165, 1.54) is 0 Å². The fourth-order valence-electron chi connectivity index (χ4n) is 2.14. The molecule has 1 atom stereocenters. The lowest BCUT2D eigenvalue weighted by Crippen LogP contribution is -2.52. The Morgan fingerprint density at radius 3 is 2.95 bits per heavy atom. The number of amides is 3. The van der Waals surface area contributed by atoms with Crippen molar-refractivity contribution in [1.29, 1.82) is 0 Å². The third kappa shape index (κ3) is 1.76.